The van der Waals surface area contributed by atoms with Crippen LogP contribution in [0, 0.1) is 23.3 Å². The molecule has 4 N–H and O–H groups in total. The molecule has 8 heterocycles. The maximum atomic E-state index is 13.8. The van der Waals surface area contributed by atoms with Crippen molar-refractivity contribution in [2.45, 2.75) is 144 Å². The SMILES string of the molecule is CC(C)(O)c1ccc(N2CCN(S(=O)(=O)c3cccs3)C[C@@H]2Cc2cccc(F)c2)cc1.CC(C)(O)c1ccc(N2CCN(S(=O)(=O)c3cccs3)C[C@@H]2Cc2cccc(F)c2)cc1.CC(C)(O)c1ccc(N2CCN(S(=O)(=O)c3cccs3)C[C@H]2Cc2cccc(F)c2)cc1.CC(C)(O)c1ccc(N2CCN(S(=O)(=O)c3cccs3)C[C@H]2Cc2cccc(F)c2)cc1. The summed E-state index contributed by atoms with van der Waals surface area (Å²) in [5, 5.41) is 48.1. The number of sulfonamides is 4. The Bertz CT molecular complexity index is 5380. The van der Waals surface area contributed by atoms with Gasteiger partial charge in [0.2, 0.25) is 0 Å². The van der Waals surface area contributed by atoms with Crippen LogP contribution in [0.1, 0.15) is 99.9 Å². The molecule has 4 aromatic heterocycles. The van der Waals surface area contributed by atoms with Gasteiger partial charge in [-0.2, -0.15) is 17.2 Å². The van der Waals surface area contributed by atoms with Gasteiger partial charge in [0.25, 0.3) is 40.1 Å². The number of piperazine rings is 4. The van der Waals surface area contributed by atoms with Gasteiger partial charge in [-0.25, -0.2) is 51.2 Å². The molecular weight excluding hydrogens is 1790 g/mol. The number of hydrogen-bond acceptors (Lipinski definition) is 20. The second-order valence-electron chi connectivity index (χ2n) is 34.3. The summed E-state index contributed by atoms with van der Waals surface area (Å²) in [6.07, 6.45) is 2.06. The second kappa shape index (κ2) is 40.8. The molecule has 0 aliphatic carbocycles. The Hall–Kier alpha value is -9.04. The summed E-state index contributed by atoms with van der Waals surface area (Å²) in [5.41, 5.74) is 6.58. The van der Waals surface area contributed by atoms with Gasteiger partial charge in [-0.05, 0) is 268 Å². The minimum Gasteiger partial charge on any atom is -0.386 e. The molecule has 20 nitrogen and oxygen atoms in total. The van der Waals surface area contributed by atoms with Gasteiger partial charge in [0.05, 0.1) is 22.4 Å². The third kappa shape index (κ3) is 24.2. The van der Waals surface area contributed by atoms with E-state index in [-0.39, 0.29) is 47.4 Å². The van der Waals surface area contributed by atoms with E-state index in [9.17, 15) is 71.7 Å². The van der Waals surface area contributed by atoms with Crippen molar-refractivity contribution >= 4 is 108 Å². The van der Waals surface area contributed by atoms with Crippen LogP contribution in [-0.4, -0.2) is 174 Å². The Kier molecular flexibility index (Phi) is 30.7. The third-order valence-corrected chi connectivity index (χ3v) is 36.2. The van der Waals surface area contributed by atoms with Crippen molar-refractivity contribution in [3.8, 4) is 0 Å². The number of aliphatic hydroxyl groups is 4. The molecular formula is C96H108F4N8O12S8. The second-order valence-corrected chi connectivity index (χ2v) is 46.8. The van der Waals surface area contributed by atoms with Crippen molar-refractivity contribution in [2.75, 3.05) is 98.1 Å². The average Bonchev–Trinajstić information content (AvgIpc) is 1.32. The van der Waals surface area contributed by atoms with Crippen molar-refractivity contribution in [1.29, 1.82) is 0 Å². The molecule has 8 aromatic carbocycles. The molecule has 0 bridgehead atoms. The highest BCUT2D eigenvalue weighted by molar-refractivity contribution is 7.92. The third-order valence-electron chi connectivity index (χ3n) is 23.2. The number of hydrogen-bond donors (Lipinski definition) is 4. The van der Waals surface area contributed by atoms with Crippen LogP contribution in [0.25, 0.3) is 0 Å². The monoisotopic (exact) mass is 1900 g/mol. The van der Waals surface area contributed by atoms with Crippen molar-refractivity contribution in [3.05, 3.63) is 332 Å². The average molecular weight is 1900 g/mol. The van der Waals surface area contributed by atoms with Crippen molar-refractivity contribution in [3.63, 3.8) is 0 Å². The number of anilines is 4. The number of rotatable bonds is 24. The van der Waals surface area contributed by atoms with E-state index < -0.39 is 62.5 Å². The molecule has 16 rings (SSSR count). The van der Waals surface area contributed by atoms with Gasteiger partial charge >= 0.3 is 0 Å². The molecule has 4 aliphatic rings. The zero-order chi connectivity index (χ0) is 91.7. The summed E-state index contributed by atoms with van der Waals surface area (Å²) in [6.45, 7) is 18.7. The molecule has 32 heteroatoms. The molecule has 0 radical (unpaired) electrons. The Morgan fingerprint density at radius 3 is 0.617 bits per heavy atom. The first-order valence-electron chi connectivity index (χ1n) is 42.1. The van der Waals surface area contributed by atoms with Crippen LogP contribution in [0.3, 0.4) is 0 Å². The lowest BCUT2D eigenvalue weighted by atomic mass is 9.97. The molecule has 4 saturated heterocycles. The lowest BCUT2D eigenvalue weighted by Crippen LogP contribution is -2.55. The predicted octanol–water partition coefficient (Wildman–Crippen LogP) is 16.9. The van der Waals surface area contributed by atoms with Crippen LogP contribution in [0.5, 0.6) is 0 Å². The van der Waals surface area contributed by atoms with Gasteiger partial charge in [-0.1, -0.05) is 121 Å². The number of benzene rings is 8. The fraction of sp³-hybridized carbons (Fsp3) is 0.333. The summed E-state index contributed by atoms with van der Waals surface area (Å²) in [6, 6.07) is 69.4. The summed E-state index contributed by atoms with van der Waals surface area (Å²) in [5.74, 6) is -1.21. The molecule has 4 atom stereocenters. The first-order valence-corrected chi connectivity index (χ1v) is 51.4. The van der Waals surface area contributed by atoms with Gasteiger partial charge in [0.1, 0.15) is 40.1 Å². The van der Waals surface area contributed by atoms with Gasteiger partial charge in [-0.15, -0.1) is 45.3 Å². The van der Waals surface area contributed by atoms with Gasteiger partial charge in [-0.3, -0.25) is 0 Å². The van der Waals surface area contributed by atoms with Crippen LogP contribution >= 0.6 is 45.3 Å². The zero-order valence-electron chi connectivity index (χ0n) is 72.4. The Morgan fingerprint density at radius 1 is 0.273 bits per heavy atom. The van der Waals surface area contributed by atoms with Crippen molar-refractivity contribution < 1.29 is 71.7 Å². The molecule has 128 heavy (non-hydrogen) atoms. The minimum absolute atomic E-state index is 0.159. The molecule has 12 aromatic rings. The van der Waals surface area contributed by atoms with Crippen LogP contribution in [0.4, 0.5) is 40.3 Å². The number of thiophene rings is 4. The van der Waals surface area contributed by atoms with Crippen LogP contribution in [0.2, 0.25) is 0 Å². The van der Waals surface area contributed by atoms with Crippen LogP contribution in [0.15, 0.2) is 281 Å². The molecule has 0 unspecified atom stereocenters. The lowest BCUT2D eigenvalue weighted by molar-refractivity contribution is 0.0780. The Labute approximate surface area is 765 Å². The fourth-order valence-electron chi connectivity index (χ4n) is 16.4. The van der Waals surface area contributed by atoms with E-state index in [1.165, 1.54) is 111 Å². The van der Waals surface area contributed by atoms with E-state index in [4.69, 9.17) is 0 Å². The highest BCUT2D eigenvalue weighted by Crippen LogP contribution is 2.37. The maximum Gasteiger partial charge on any atom is 0.252 e. The molecule has 4 aliphatic heterocycles. The Morgan fingerprint density at radius 2 is 0.461 bits per heavy atom. The van der Waals surface area contributed by atoms with E-state index in [1.807, 2.05) is 121 Å². The van der Waals surface area contributed by atoms with E-state index in [0.717, 1.165) is 67.3 Å². The quantitative estimate of drug-likeness (QED) is 0.0411. The topological polar surface area (TPSA) is 243 Å². The fourth-order valence-corrected chi connectivity index (χ4v) is 26.8. The zero-order valence-corrected chi connectivity index (χ0v) is 79.0. The first kappa shape index (κ1) is 96.5. The smallest absolute Gasteiger partial charge is 0.252 e. The highest BCUT2D eigenvalue weighted by atomic mass is 32.3. The number of halogens is 4. The normalized spacial score (nSPS) is 18.1. The van der Waals surface area contributed by atoms with Crippen molar-refractivity contribution in [1.82, 2.24) is 17.2 Å². The summed E-state index contributed by atoms with van der Waals surface area (Å²) in [7, 11) is -14.3. The Balaban J connectivity index is 0.000000146. The van der Waals surface area contributed by atoms with Crippen LogP contribution < -0.4 is 19.6 Å². The standard InChI is InChI=1S/4C24H27FN2O3S2/c4*1-24(2,28)19-8-10-21(11-9-19)27-13-12-26(32(29,30)23-7-4-14-31-23)17-22(27)16-18-5-3-6-20(25)15-18/h4*3-11,14-15,22,28H,12-13,16-17H2,1-2H3/t4*22-/m1100/s1. The summed E-state index contributed by atoms with van der Waals surface area (Å²) >= 11 is 4.86. The largest absolute Gasteiger partial charge is 0.386 e. The highest BCUT2D eigenvalue weighted by Gasteiger charge is 2.41. The molecule has 0 saturated carbocycles. The molecule has 0 amide bonds. The van der Waals surface area contributed by atoms with Gasteiger partial charge in [0, 0.05) is 125 Å². The summed E-state index contributed by atoms with van der Waals surface area (Å²) in [4.78, 5) is 8.72. The first-order chi connectivity index (χ1) is 60.6. The number of nitrogens with zero attached hydrogens (tertiary/aromatic N) is 8. The lowest BCUT2D eigenvalue weighted by Gasteiger charge is -2.42. The molecule has 680 valence electrons. The maximum absolute atomic E-state index is 13.8. The van der Waals surface area contributed by atoms with Crippen molar-refractivity contribution in [2.24, 2.45) is 0 Å². The van der Waals surface area contributed by atoms with E-state index in [2.05, 4.69) is 19.6 Å². The van der Waals surface area contributed by atoms with Crippen LogP contribution in [-0.2, 0) is 88.2 Å². The van der Waals surface area contributed by atoms with Gasteiger partial charge in [0.15, 0.2) is 0 Å². The van der Waals surface area contributed by atoms with E-state index in [1.54, 1.807) is 150 Å². The minimum atomic E-state index is -3.57. The molecule has 0 spiro atoms. The summed E-state index contributed by atoms with van der Waals surface area (Å²) < 4.78 is 168. The molecule has 4 fully saturated rings. The van der Waals surface area contributed by atoms with Gasteiger partial charge < -0.3 is 40.0 Å². The predicted molar refractivity (Wildman–Crippen MR) is 504 cm³/mol. The van der Waals surface area contributed by atoms with E-state index in [0.29, 0.717) is 121 Å². The van der Waals surface area contributed by atoms with E-state index >= 15 is 0 Å².